The number of nitriles is 2. The van der Waals surface area contributed by atoms with Crippen molar-refractivity contribution in [1.82, 2.24) is 0 Å². The number of rotatable bonds is 7. The second kappa shape index (κ2) is 8.92. The summed E-state index contributed by atoms with van der Waals surface area (Å²) in [5, 5.41) is 20.4. The van der Waals surface area contributed by atoms with Crippen LogP contribution in [0.2, 0.25) is 0 Å². The fourth-order valence-corrected chi connectivity index (χ4v) is 2.05. The first-order valence-corrected chi connectivity index (χ1v) is 7.36. The van der Waals surface area contributed by atoms with Crippen LogP contribution in [-0.4, -0.2) is 6.61 Å². The smallest absolute Gasteiger partial charge is 0.145 e. The van der Waals surface area contributed by atoms with Crippen molar-refractivity contribution in [3.63, 3.8) is 0 Å². The molecule has 0 saturated carbocycles. The molecule has 2 aromatic rings. The maximum absolute atomic E-state index is 8.74. The van der Waals surface area contributed by atoms with E-state index in [1.807, 2.05) is 54.6 Å². The molecule has 0 aliphatic rings. The van der Waals surface area contributed by atoms with Crippen LogP contribution in [-0.2, 0) is 6.42 Å². The van der Waals surface area contributed by atoms with E-state index in [0.29, 0.717) is 12.4 Å². The number of aryl methyl sites for hydroxylation is 1. The van der Waals surface area contributed by atoms with Gasteiger partial charge in [0.1, 0.15) is 23.5 Å². The van der Waals surface area contributed by atoms with E-state index in [4.69, 9.17) is 15.3 Å². The molecule has 0 spiro atoms. The number of benzene rings is 2. The van der Waals surface area contributed by atoms with Crippen molar-refractivity contribution in [3.8, 4) is 17.9 Å². The van der Waals surface area contributed by atoms with Crippen LogP contribution in [0.3, 0.4) is 0 Å². The van der Waals surface area contributed by atoms with Crippen molar-refractivity contribution in [3.05, 3.63) is 71.9 Å². The largest absolute Gasteiger partial charge is 0.491 e. The molecule has 23 heavy (non-hydrogen) atoms. The minimum absolute atomic E-state index is 0.0175. The topological polar surface area (TPSA) is 68.8 Å². The number of hydrogen-bond donors (Lipinski definition) is 1. The van der Waals surface area contributed by atoms with E-state index in [9.17, 15) is 0 Å². The van der Waals surface area contributed by atoms with E-state index in [-0.39, 0.29) is 5.57 Å². The van der Waals surface area contributed by atoms with Crippen LogP contribution >= 0.6 is 0 Å². The molecule has 0 saturated heterocycles. The van der Waals surface area contributed by atoms with Crippen molar-refractivity contribution in [2.24, 2.45) is 0 Å². The Hall–Kier alpha value is -3.24. The maximum atomic E-state index is 8.74. The van der Waals surface area contributed by atoms with Crippen molar-refractivity contribution in [1.29, 1.82) is 10.5 Å². The summed E-state index contributed by atoms with van der Waals surface area (Å²) in [7, 11) is 0. The van der Waals surface area contributed by atoms with E-state index < -0.39 is 0 Å². The van der Waals surface area contributed by atoms with Crippen LogP contribution in [0.1, 0.15) is 12.0 Å². The quantitative estimate of drug-likeness (QED) is 0.619. The fraction of sp³-hybridized carbons (Fsp3) is 0.158. The van der Waals surface area contributed by atoms with Crippen LogP contribution in [0.15, 0.2) is 66.4 Å². The molecule has 4 heteroatoms. The SMILES string of the molecule is N#CC(C#N)=CNc1ccccc1OCCCc1ccccc1. The third-order valence-electron chi connectivity index (χ3n) is 3.21. The molecule has 0 aromatic heterocycles. The average molecular weight is 303 g/mol. The Morgan fingerprint density at radius 1 is 1.00 bits per heavy atom. The standard InChI is InChI=1S/C19H17N3O/c20-13-17(14-21)15-22-18-10-4-5-11-19(18)23-12-6-9-16-7-2-1-3-8-16/h1-5,7-8,10-11,15,22H,6,9,12H2. The Bertz CT molecular complexity index is 723. The molecule has 2 rings (SSSR count). The summed E-state index contributed by atoms with van der Waals surface area (Å²) >= 11 is 0. The van der Waals surface area contributed by atoms with Gasteiger partial charge in [0.25, 0.3) is 0 Å². The fourth-order valence-electron chi connectivity index (χ4n) is 2.05. The number of anilines is 1. The molecule has 0 atom stereocenters. The average Bonchev–Trinajstić information content (AvgIpc) is 2.61. The predicted octanol–water partition coefficient (Wildman–Crippen LogP) is 4.04. The van der Waals surface area contributed by atoms with E-state index >= 15 is 0 Å². The van der Waals surface area contributed by atoms with Gasteiger partial charge >= 0.3 is 0 Å². The Labute approximate surface area is 136 Å². The molecule has 1 N–H and O–H groups in total. The van der Waals surface area contributed by atoms with Crippen LogP contribution in [0.25, 0.3) is 0 Å². The van der Waals surface area contributed by atoms with Gasteiger partial charge in [0.2, 0.25) is 0 Å². The summed E-state index contributed by atoms with van der Waals surface area (Å²) in [5.74, 6) is 0.701. The Balaban J connectivity index is 1.89. The summed E-state index contributed by atoms with van der Waals surface area (Å²) in [6.45, 7) is 0.598. The first kappa shape index (κ1) is 16.1. The van der Waals surface area contributed by atoms with Gasteiger partial charge in [-0.05, 0) is 30.5 Å². The molecule has 0 aliphatic heterocycles. The van der Waals surface area contributed by atoms with Gasteiger partial charge in [0, 0.05) is 6.20 Å². The number of para-hydroxylation sites is 2. The zero-order valence-corrected chi connectivity index (χ0v) is 12.7. The molecule has 0 bridgehead atoms. The van der Waals surface area contributed by atoms with E-state index in [1.165, 1.54) is 11.8 Å². The van der Waals surface area contributed by atoms with Crippen LogP contribution < -0.4 is 10.1 Å². The van der Waals surface area contributed by atoms with Crippen molar-refractivity contribution in [2.45, 2.75) is 12.8 Å². The molecule has 0 unspecified atom stereocenters. The minimum Gasteiger partial charge on any atom is -0.491 e. The molecule has 2 aromatic carbocycles. The summed E-state index contributed by atoms with van der Waals surface area (Å²) in [4.78, 5) is 0. The third-order valence-corrected chi connectivity index (χ3v) is 3.21. The van der Waals surface area contributed by atoms with Gasteiger partial charge in [-0.1, -0.05) is 42.5 Å². The molecule has 0 aliphatic carbocycles. The highest BCUT2D eigenvalue weighted by Crippen LogP contribution is 2.24. The van der Waals surface area contributed by atoms with Crippen molar-refractivity contribution >= 4 is 5.69 Å². The van der Waals surface area contributed by atoms with Gasteiger partial charge in [-0.25, -0.2) is 0 Å². The van der Waals surface area contributed by atoms with Crippen LogP contribution in [0.5, 0.6) is 5.75 Å². The lowest BCUT2D eigenvalue weighted by Crippen LogP contribution is -2.02. The predicted molar refractivity (Wildman–Crippen MR) is 89.6 cm³/mol. The Morgan fingerprint density at radius 3 is 2.43 bits per heavy atom. The van der Waals surface area contributed by atoms with E-state index in [1.54, 1.807) is 0 Å². The normalized spacial score (nSPS) is 9.30. The lowest BCUT2D eigenvalue weighted by Gasteiger charge is -2.11. The van der Waals surface area contributed by atoms with Gasteiger partial charge in [0.15, 0.2) is 0 Å². The molecule has 0 amide bonds. The zero-order valence-electron chi connectivity index (χ0n) is 12.7. The second-order valence-electron chi connectivity index (χ2n) is 4.86. The summed E-state index contributed by atoms with van der Waals surface area (Å²) in [6.07, 6.45) is 3.26. The lowest BCUT2D eigenvalue weighted by molar-refractivity contribution is 0.312. The molecule has 114 valence electrons. The zero-order chi connectivity index (χ0) is 16.3. The molecular weight excluding hydrogens is 286 g/mol. The van der Waals surface area contributed by atoms with Gasteiger partial charge in [0.05, 0.1) is 12.3 Å². The molecule has 0 heterocycles. The first-order chi connectivity index (χ1) is 11.3. The molecular formula is C19H17N3O. The summed E-state index contributed by atoms with van der Waals surface area (Å²) < 4.78 is 5.80. The van der Waals surface area contributed by atoms with Crippen LogP contribution in [0.4, 0.5) is 5.69 Å². The van der Waals surface area contributed by atoms with Crippen molar-refractivity contribution < 1.29 is 4.74 Å². The van der Waals surface area contributed by atoms with Gasteiger partial charge in [-0.3, -0.25) is 0 Å². The monoisotopic (exact) mass is 303 g/mol. The summed E-state index contributed by atoms with van der Waals surface area (Å²) in [5.41, 5.74) is 2.04. The number of hydrogen-bond acceptors (Lipinski definition) is 4. The highest BCUT2D eigenvalue weighted by Gasteiger charge is 2.02. The van der Waals surface area contributed by atoms with Gasteiger partial charge in [-0.2, -0.15) is 10.5 Å². The first-order valence-electron chi connectivity index (χ1n) is 7.36. The highest BCUT2D eigenvalue weighted by atomic mass is 16.5. The molecule has 4 nitrogen and oxygen atoms in total. The molecule has 0 radical (unpaired) electrons. The van der Waals surface area contributed by atoms with E-state index in [0.717, 1.165) is 18.5 Å². The van der Waals surface area contributed by atoms with E-state index in [2.05, 4.69) is 17.4 Å². The summed E-state index contributed by atoms with van der Waals surface area (Å²) in [6, 6.07) is 21.3. The second-order valence-corrected chi connectivity index (χ2v) is 4.86. The van der Waals surface area contributed by atoms with Gasteiger partial charge < -0.3 is 10.1 Å². The van der Waals surface area contributed by atoms with Crippen LogP contribution in [0, 0.1) is 22.7 Å². The number of nitrogens with zero attached hydrogens (tertiary/aromatic N) is 2. The Kier molecular flexibility index (Phi) is 6.26. The van der Waals surface area contributed by atoms with Gasteiger partial charge in [-0.15, -0.1) is 0 Å². The lowest BCUT2D eigenvalue weighted by atomic mass is 10.1. The maximum Gasteiger partial charge on any atom is 0.145 e. The highest BCUT2D eigenvalue weighted by molar-refractivity contribution is 5.59. The Morgan fingerprint density at radius 2 is 1.70 bits per heavy atom. The third kappa shape index (κ3) is 5.22. The number of ether oxygens (including phenoxy) is 1. The molecule has 0 fully saturated rings. The number of nitrogens with one attached hydrogen (secondary N) is 1. The van der Waals surface area contributed by atoms with Crippen molar-refractivity contribution in [2.75, 3.05) is 11.9 Å². The number of allylic oxidation sites excluding steroid dienone is 1. The minimum atomic E-state index is 0.0175.